The van der Waals surface area contributed by atoms with Crippen molar-refractivity contribution in [1.29, 1.82) is 0 Å². The normalized spacial score (nSPS) is 14.9. The molecule has 0 saturated carbocycles. The van der Waals surface area contributed by atoms with Crippen LogP contribution in [0.5, 0.6) is 0 Å². The number of hydrogen-bond acceptors (Lipinski definition) is 4. The predicted octanol–water partition coefficient (Wildman–Crippen LogP) is 3.18. The number of carbonyl (C=O) groups excluding carboxylic acids is 3. The summed E-state index contributed by atoms with van der Waals surface area (Å²) in [6.07, 6.45) is 2.10. The molecule has 1 amide bonds. The zero-order chi connectivity index (χ0) is 19.1. The van der Waals surface area contributed by atoms with Crippen LogP contribution in [0.15, 0.2) is 30.3 Å². The van der Waals surface area contributed by atoms with Crippen molar-refractivity contribution < 1.29 is 19.1 Å². The molecule has 27 heavy (non-hydrogen) atoms. The summed E-state index contributed by atoms with van der Waals surface area (Å²) in [5.74, 6) is -0.654. The molecule has 2 aromatic rings. The maximum Gasteiger partial charge on any atom is 0.338 e. The van der Waals surface area contributed by atoms with Crippen LogP contribution in [0.3, 0.4) is 0 Å². The molecule has 0 N–H and O–H groups in total. The highest BCUT2D eigenvalue weighted by molar-refractivity contribution is 6.05. The number of anilines is 1. The van der Waals surface area contributed by atoms with Crippen LogP contribution < -0.4 is 4.90 Å². The van der Waals surface area contributed by atoms with Crippen molar-refractivity contribution in [3.63, 3.8) is 0 Å². The molecule has 0 spiro atoms. The van der Waals surface area contributed by atoms with Gasteiger partial charge in [-0.3, -0.25) is 9.59 Å². The largest absolute Gasteiger partial charge is 0.454 e. The number of nitrogens with zero attached hydrogens (tertiary/aromatic N) is 1. The molecule has 5 heteroatoms. The summed E-state index contributed by atoms with van der Waals surface area (Å²) < 4.78 is 5.24. The molecule has 2 aliphatic rings. The van der Waals surface area contributed by atoms with E-state index < -0.39 is 5.97 Å². The fourth-order valence-electron chi connectivity index (χ4n) is 4.03. The Morgan fingerprint density at radius 1 is 1.00 bits per heavy atom. The van der Waals surface area contributed by atoms with Crippen molar-refractivity contribution >= 4 is 23.3 Å². The molecule has 0 aromatic heterocycles. The first-order valence-corrected chi connectivity index (χ1v) is 9.17. The van der Waals surface area contributed by atoms with Gasteiger partial charge in [0.1, 0.15) is 0 Å². The van der Waals surface area contributed by atoms with Crippen molar-refractivity contribution in [3.05, 3.63) is 63.7 Å². The molecule has 0 unspecified atom stereocenters. The Hall–Kier alpha value is -2.95. The Bertz CT molecular complexity index is 956. The minimum atomic E-state index is -0.501. The number of amides is 1. The third kappa shape index (κ3) is 3.25. The van der Waals surface area contributed by atoms with E-state index in [1.807, 2.05) is 30.9 Å². The van der Waals surface area contributed by atoms with Crippen molar-refractivity contribution in [2.45, 2.75) is 33.1 Å². The molecule has 0 radical (unpaired) electrons. The van der Waals surface area contributed by atoms with Crippen LogP contribution in [0.25, 0.3) is 0 Å². The van der Waals surface area contributed by atoms with Gasteiger partial charge in [-0.2, -0.15) is 0 Å². The number of Topliss-reactive ketones (excluding diaryl/α,β-unsaturated/α-hetero) is 1. The number of ketones is 1. The van der Waals surface area contributed by atoms with Gasteiger partial charge in [0.05, 0.1) is 17.7 Å². The Morgan fingerprint density at radius 3 is 2.44 bits per heavy atom. The summed E-state index contributed by atoms with van der Waals surface area (Å²) in [6.45, 7) is 4.27. The molecule has 5 nitrogen and oxygen atoms in total. The fourth-order valence-corrected chi connectivity index (χ4v) is 4.03. The molecule has 2 aromatic carbocycles. The van der Waals surface area contributed by atoms with Gasteiger partial charge in [0.25, 0.3) is 0 Å². The van der Waals surface area contributed by atoms with Gasteiger partial charge in [0.15, 0.2) is 12.4 Å². The molecule has 4 rings (SSSR count). The lowest BCUT2D eigenvalue weighted by Crippen LogP contribution is -2.31. The third-order valence-corrected chi connectivity index (χ3v) is 5.12. The van der Waals surface area contributed by atoms with Gasteiger partial charge in [-0.25, -0.2) is 4.79 Å². The Kier molecular flexibility index (Phi) is 4.30. The molecule has 0 aliphatic carbocycles. The van der Waals surface area contributed by atoms with E-state index in [1.165, 1.54) is 0 Å². The van der Waals surface area contributed by atoms with E-state index >= 15 is 0 Å². The zero-order valence-electron chi connectivity index (χ0n) is 15.5. The van der Waals surface area contributed by atoms with Crippen LogP contribution in [0.4, 0.5) is 5.69 Å². The van der Waals surface area contributed by atoms with E-state index in [0.29, 0.717) is 17.5 Å². The van der Waals surface area contributed by atoms with Crippen LogP contribution in [0.2, 0.25) is 0 Å². The van der Waals surface area contributed by atoms with Crippen LogP contribution in [0.1, 0.15) is 49.4 Å². The number of benzene rings is 2. The van der Waals surface area contributed by atoms with Crippen molar-refractivity contribution in [2.24, 2.45) is 0 Å². The summed E-state index contributed by atoms with van der Waals surface area (Å²) in [6, 6.07) is 9.09. The van der Waals surface area contributed by atoms with Crippen LogP contribution in [-0.2, 0) is 22.4 Å². The second kappa shape index (κ2) is 6.65. The summed E-state index contributed by atoms with van der Waals surface area (Å²) >= 11 is 0. The van der Waals surface area contributed by atoms with E-state index in [0.717, 1.165) is 47.3 Å². The standard InChI is InChI=1S/C22H21NO4/c1-13-6-14(2)8-18(7-13)22(26)27-12-19(24)16-9-15-4-3-5-23-20(25)11-17(10-16)21(15)23/h6-10H,3-5,11-12H2,1-2H3. The Labute approximate surface area is 157 Å². The number of aryl methyl sites for hydroxylation is 3. The molecule has 0 atom stereocenters. The monoisotopic (exact) mass is 363 g/mol. The first kappa shape index (κ1) is 17.5. The molecule has 0 bridgehead atoms. The molecular formula is C22H21NO4. The van der Waals surface area contributed by atoms with Crippen molar-refractivity contribution in [1.82, 2.24) is 0 Å². The molecule has 0 saturated heterocycles. The van der Waals surface area contributed by atoms with E-state index in [9.17, 15) is 14.4 Å². The molecular weight excluding hydrogens is 342 g/mol. The summed E-state index contributed by atoms with van der Waals surface area (Å²) in [7, 11) is 0. The Morgan fingerprint density at radius 2 is 1.70 bits per heavy atom. The summed E-state index contributed by atoms with van der Waals surface area (Å²) in [4.78, 5) is 38.8. The number of ether oxygens (including phenoxy) is 1. The average molecular weight is 363 g/mol. The molecule has 2 aliphatic heterocycles. The maximum absolute atomic E-state index is 12.6. The summed E-state index contributed by atoms with van der Waals surface area (Å²) in [5.41, 5.74) is 5.82. The highest BCUT2D eigenvalue weighted by Gasteiger charge is 2.33. The number of esters is 1. The van der Waals surface area contributed by atoms with Crippen LogP contribution in [-0.4, -0.2) is 30.8 Å². The van der Waals surface area contributed by atoms with Gasteiger partial charge in [-0.15, -0.1) is 0 Å². The van der Waals surface area contributed by atoms with E-state index in [1.54, 1.807) is 18.2 Å². The summed E-state index contributed by atoms with van der Waals surface area (Å²) in [5, 5.41) is 0. The van der Waals surface area contributed by atoms with E-state index in [4.69, 9.17) is 4.74 Å². The van der Waals surface area contributed by atoms with Gasteiger partial charge < -0.3 is 9.64 Å². The number of rotatable bonds is 4. The minimum absolute atomic E-state index is 0.0943. The zero-order valence-corrected chi connectivity index (χ0v) is 15.5. The van der Waals surface area contributed by atoms with Gasteiger partial charge in [-0.05, 0) is 62.1 Å². The second-order valence-corrected chi connectivity index (χ2v) is 7.34. The fraction of sp³-hybridized carbons (Fsp3) is 0.318. The lowest BCUT2D eigenvalue weighted by Gasteiger charge is -2.25. The smallest absolute Gasteiger partial charge is 0.338 e. The van der Waals surface area contributed by atoms with Crippen LogP contribution in [0, 0.1) is 13.8 Å². The highest BCUT2D eigenvalue weighted by atomic mass is 16.5. The first-order valence-electron chi connectivity index (χ1n) is 9.17. The lowest BCUT2D eigenvalue weighted by atomic mass is 9.95. The molecule has 138 valence electrons. The molecule has 0 fully saturated rings. The first-order chi connectivity index (χ1) is 12.9. The van der Waals surface area contributed by atoms with Crippen LogP contribution >= 0.6 is 0 Å². The highest BCUT2D eigenvalue weighted by Crippen LogP contribution is 2.37. The lowest BCUT2D eigenvalue weighted by molar-refractivity contribution is -0.117. The molecule has 2 heterocycles. The van der Waals surface area contributed by atoms with E-state index in [2.05, 4.69) is 0 Å². The maximum atomic E-state index is 12.6. The van der Waals surface area contributed by atoms with Gasteiger partial charge in [0, 0.05) is 12.1 Å². The minimum Gasteiger partial charge on any atom is -0.454 e. The Balaban J connectivity index is 1.50. The van der Waals surface area contributed by atoms with Gasteiger partial charge in [-0.1, -0.05) is 17.2 Å². The SMILES string of the molecule is Cc1cc(C)cc(C(=O)OCC(=O)c2cc3c4c(c2)CC(=O)N4CCC3)c1. The number of hydrogen-bond donors (Lipinski definition) is 0. The predicted molar refractivity (Wildman–Crippen MR) is 101 cm³/mol. The van der Waals surface area contributed by atoms with E-state index in [-0.39, 0.29) is 18.3 Å². The average Bonchev–Trinajstić information content (AvgIpc) is 2.96. The van der Waals surface area contributed by atoms with Gasteiger partial charge in [0.2, 0.25) is 5.91 Å². The number of carbonyl (C=O) groups is 3. The third-order valence-electron chi connectivity index (χ3n) is 5.12. The second-order valence-electron chi connectivity index (χ2n) is 7.34. The topological polar surface area (TPSA) is 63.7 Å². The quantitative estimate of drug-likeness (QED) is 0.618. The van der Waals surface area contributed by atoms with Gasteiger partial charge >= 0.3 is 5.97 Å². The van der Waals surface area contributed by atoms with Crippen molar-refractivity contribution in [2.75, 3.05) is 18.1 Å². The van der Waals surface area contributed by atoms with Crippen molar-refractivity contribution in [3.8, 4) is 0 Å².